The highest BCUT2D eigenvalue weighted by atomic mass is 127. The maximum absolute atomic E-state index is 6.25. The van der Waals surface area contributed by atoms with Crippen LogP contribution in [0.15, 0.2) is 36.4 Å². The monoisotopic (exact) mass is 462 g/mol. The van der Waals surface area contributed by atoms with Crippen LogP contribution in [-0.2, 0) is 12.8 Å². The highest BCUT2D eigenvalue weighted by Gasteiger charge is 2.15. The first kappa shape index (κ1) is 16.3. The van der Waals surface area contributed by atoms with Gasteiger partial charge in [0, 0.05) is 3.57 Å². The summed E-state index contributed by atoms with van der Waals surface area (Å²) in [4.78, 5) is 0.193. The van der Waals surface area contributed by atoms with Crippen LogP contribution in [0.1, 0.15) is 40.9 Å². The first-order chi connectivity index (χ1) is 9.56. The second-order valence-corrected chi connectivity index (χ2v) is 7.26. The van der Waals surface area contributed by atoms with Crippen molar-refractivity contribution in [3.8, 4) is 0 Å². The molecule has 0 aliphatic rings. The lowest BCUT2D eigenvalue weighted by Gasteiger charge is -2.17. The molecule has 0 aromatic heterocycles. The van der Waals surface area contributed by atoms with Crippen LogP contribution in [0.5, 0.6) is 0 Å². The molecule has 0 fully saturated rings. The van der Waals surface area contributed by atoms with E-state index in [-0.39, 0.29) is 4.83 Å². The maximum Gasteiger partial charge on any atom is 0.0647 e. The average molecular weight is 464 g/mol. The predicted molar refractivity (Wildman–Crippen MR) is 100 cm³/mol. The van der Waals surface area contributed by atoms with Crippen LogP contribution in [0.4, 0.5) is 0 Å². The summed E-state index contributed by atoms with van der Waals surface area (Å²) >= 11 is 12.4. The zero-order chi connectivity index (χ0) is 14.7. The van der Waals surface area contributed by atoms with Gasteiger partial charge in [-0.3, -0.25) is 0 Å². The van der Waals surface area contributed by atoms with Crippen LogP contribution < -0.4 is 0 Å². The number of halogens is 3. The molecule has 0 saturated heterocycles. The molecule has 0 bridgehead atoms. The lowest BCUT2D eigenvalue weighted by molar-refractivity contribution is 1.03. The van der Waals surface area contributed by atoms with Gasteiger partial charge in [-0.05, 0) is 69.8 Å². The summed E-state index contributed by atoms with van der Waals surface area (Å²) in [6.45, 7) is 4.39. The molecular formula is C17H17BrClI. The van der Waals surface area contributed by atoms with E-state index < -0.39 is 0 Å². The van der Waals surface area contributed by atoms with Crippen molar-refractivity contribution in [2.75, 3.05) is 0 Å². The topological polar surface area (TPSA) is 0 Å². The van der Waals surface area contributed by atoms with Crippen molar-refractivity contribution >= 4 is 50.1 Å². The second kappa shape index (κ2) is 7.28. The van der Waals surface area contributed by atoms with Gasteiger partial charge >= 0.3 is 0 Å². The molecule has 2 rings (SSSR count). The second-order valence-electron chi connectivity index (χ2n) is 4.78. The lowest BCUT2D eigenvalue weighted by Crippen LogP contribution is -2.00. The molecule has 20 heavy (non-hydrogen) atoms. The van der Waals surface area contributed by atoms with Gasteiger partial charge in [-0.25, -0.2) is 0 Å². The van der Waals surface area contributed by atoms with Gasteiger partial charge in [-0.1, -0.05) is 65.6 Å². The Morgan fingerprint density at radius 1 is 1.10 bits per heavy atom. The summed E-state index contributed by atoms with van der Waals surface area (Å²) in [5.74, 6) is 0. The van der Waals surface area contributed by atoms with Crippen LogP contribution in [-0.4, -0.2) is 0 Å². The highest BCUT2D eigenvalue weighted by molar-refractivity contribution is 14.1. The van der Waals surface area contributed by atoms with Crippen LogP contribution in [0.3, 0.4) is 0 Å². The quantitative estimate of drug-likeness (QED) is 0.356. The first-order valence-corrected chi connectivity index (χ1v) is 9.14. The van der Waals surface area contributed by atoms with Crippen molar-refractivity contribution in [2.45, 2.75) is 31.5 Å². The van der Waals surface area contributed by atoms with Gasteiger partial charge in [0.25, 0.3) is 0 Å². The fraction of sp³-hybridized carbons (Fsp3) is 0.294. The summed E-state index contributed by atoms with van der Waals surface area (Å²) in [6.07, 6.45) is 2.10. The molecule has 0 heterocycles. The fourth-order valence-corrected chi connectivity index (χ4v) is 3.51. The van der Waals surface area contributed by atoms with Crippen LogP contribution in [0.2, 0.25) is 5.02 Å². The number of rotatable bonds is 4. The van der Waals surface area contributed by atoms with E-state index in [9.17, 15) is 0 Å². The largest absolute Gasteiger partial charge is 0.0832 e. The van der Waals surface area contributed by atoms with Crippen molar-refractivity contribution in [1.82, 2.24) is 0 Å². The molecule has 106 valence electrons. The minimum absolute atomic E-state index is 0.193. The molecule has 0 N–H and O–H groups in total. The molecule has 0 saturated carbocycles. The van der Waals surface area contributed by atoms with Crippen molar-refractivity contribution in [3.63, 3.8) is 0 Å². The number of hydrogen-bond donors (Lipinski definition) is 0. The minimum atomic E-state index is 0.193. The molecular weight excluding hydrogens is 446 g/mol. The van der Waals surface area contributed by atoms with Gasteiger partial charge in [-0.15, -0.1) is 0 Å². The Hall–Kier alpha value is -0.0600. The highest BCUT2D eigenvalue weighted by Crippen LogP contribution is 2.36. The Labute approximate surface area is 148 Å². The van der Waals surface area contributed by atoms with Crippen molar-refractivity contribution in [3.05, 3.63) is 67.2 Å². The molecule has 1 unspecified atom stereocenters. The first-order valence-electron chi connectivity index (χ1n) is 6.77. The van der Waals surface area contributed by atoms with E-state index in [1.54, 1.807) is 0 Å². The van der Waals surface area contributed by atoms with Gasteiger partial charge in [-0.2, -0.15) is 0 Å². The molecule has 0 amide bonds. The molecule has 0 aliphatic heterocycles. The summed E-state index contributed by atoms with van der Waals surface area (Å²) in [7, 11) is 0. The molecule has 2 aromatic rings. The summed E-state index contributed by atoms with van der Waals surface area (Å²) in [5.41, 5.74) is 5.32. The number of aryl methyl sites for hydroxylation is 2. The minimum Gasteiger partial charge on any atom is -0.0832 e. The van der Waals surface area contributed by atoms with E-state index in [1.165, 1.54) is 22.3 Å². The van der Waals surface area contributed by atoms with E-state index in [0.717, 1.165) is 21.4 Å². The van der Waals surface area contributed by atoms with Crippen LogP contribution in [0, 0.1) is 3.57 Å². The van der Waals surface area contributed by atoms with E-state index in [1.807, 2.05) is 0 Å². The van der Waals surface area contributed by atoms with Gasteiger partial charge < -0.3 is 0 Å². The van der Waals surface area contributed by atoms with E-state index in [2.05, 4.69) is 88.8 Å². The van der Waals surface area contributed by atoms with Crippen molar-refractivity contribution in [1.29, 1.82) is 0 Å². The van der Waals surface area contributed by atoms with E-state index in [0.29, 0.717) is 0 Å². The predicted octanol–water partition coefficient (Wildman–Crippen LogP) is 6.55. The van der Waals surface area contributed by atoms with Gasteiger partial charge in [0.05, 0.1) is 9.85 Å². The van der Waals surface area contributed by atoms with Crippen molar-refractivity contribution in [2.24, 2.45) is 0 Å². The number of hydrogen-bond acceptors (Lipinski definition) is 0. The summed E-state index contributed by atoms with van der Waals surface area (Å²) in [6, 6.07) is 13.1. The SMILES string of the molecule is CCc1ccc(CC)c(C(Br)c2ccc(I)c(Cl)c2)c1. The standard InChI is InChI=1S/C17H17BrClI/c1-3-11-5-6-12(4-2)14(9-11)17(18)13-7-8-16(20)15(19)10-13/h5-10,17H,3-4H2,1-2H3. The maximum atomic E-state index is 6.25. The summed E-state index contributed by atoms with van der Waals surface area (Å²) < 4.78 is 1.09. The molecule has 0 nitrogen and oxygen atoms in total. The Morgan fingerprint density at radius 2 is 1.85 bits per heavy atom. The lowest BCUT2D eigenvalue weighted by atomic mass is 9.95. The van der Waals surface area contributed by atoms with Crippen molar-refractivity contribution < 1.29 is 0 Å². The fourth-order valence-electron chi connectivity index (χ4n) is 2.27. The third kappa shape index (κ3) is 3.58. The molecule has 0 spiro atoms. The number of benzene rings is 2. The zero-order valence-corrected chi connectivity index (χ0v) is 16.1. The van der Waals surface area contributed by atoms with Gasteiger partial charge in [0.1, 0.15) is 0 Å². The third-order valence-corrected chi connectivity index (χ3v) is 6.10. The van der Waals surface area contributed by atoms with Crippen LogP contribution in [0.25, 0.3) is 0 Å². The zero-order valence-electron chi connectivity index (χ0n) is 11.6. The van der Waals surface area contributed by atoms with E-state index in [4.69, 9.17) is 11.6 Å². The Kier molecular flexibility index (Phi) is 5.94. The summed E-state index contributed by atoms with van der Waals surface area (Å²) in [5, 5.41) is 0.817. The smallest absolute Gasteiger partial charge is 0.0647 e. The Bertz CT molecular complexity index is 610. The Balaban J connectivity index is 2.45. The molecule has 1 atom stereocenters. The van der Waals surface area contributed by atoms with E-state index >= 15 is 0 Å². The molecule has 0 radical (unpaired) electrons. The molecule has 3 heteroatoms. The normalized spacial score (nSPS) is 12.4. The van der Waals surface area contributed by atoms with Gasteiger partial charge in [0.2, 0.25) is 0 Å². The molecule has 0 aliphatic carbocycles. The van der Waals surface area contributed by atoms with Crippen LogP contribution >= 0.6 is 50.1 Å². The molecule has 2 aromatic carbocycles. The third-order valence-electron chi connectivity index (χ3n) is 3.51. The Morgan fingerprint density at radius 3 is 2.45 bits per heavy atom. The number of alkyl halides is 1. The van der Waals surface area contributed by atoms with Gasteiger partial charge in [0.15, 0.2) is 0 Å². The average Bonchev–Trinajstić information content (AvgIpc) is 2.48.